The van der Waals surface area contributed by atoms with Crippen LogP contribution < -0.4 is 0 Å². The van der Waals surface area contributed by atoms with Crippen LogP contribution in [0.4, 0.5) is 0 Å². The smallest absolute Gasteiger partial charge is 0.328 e. The summed E-state index contributed by atoms with van der Waals surface area (Å²) in [7, 11) is 1.34. The van der Waals surface area contributed by atoms with Crippen LogP contribution in [0.5, 0.6) is 0 Å². The van der Waals surface area contributed by atoms with Crippen molar-refractivity contribution in [1.82, 2.24) is 9.80 Å². The number of hydrogen-bond acceptors (Lipinski definition) is 5. The molecule has 0 aromatic rings. The number of carbonyl (C=O) groups excluding carboxylic acids is 3. The van der Waals surface area contributed by atoms with Gasteiger partial charge in [0.1, 0.15) is 20.8 Å². The van der Waals surface area contributed by atoms with Crippen molar-refractivity contribution in [3.8, 4) is 0 Å². The van der Waals surface area contributed by atoms with Gasteiger partial charge in [0.05, 0.1) is 7.11 Å². The minimum absolute atomic E-state index is 0.0116. The molecule has 0 bridgehead atoms. The Labute approximate surface area is 274 Å². The fraction of sp³-hybridized carbons (Fsp3) is 0.871. The van der Waals surface area contributed by atoms with E-state index in [1.807, 2.05) is 13.8 Å². The van der Waals surface area contributed by atoms with Crippen molar-refractivity contribution in [2.45, 2.75) is 98.8 Å². The predicted molar refractivity (Wildman–Crippen MR) is 165 cm³/mol. The number of ether oxygens (including phenoxy) is 1. The summed E-state index contributed by atoms with van der Waals surface area (Å²) in [5.74, 6) is -1.34. The molecule has 8 atom stereocenters. The Bertz CT molecular complexity index is 1110. The van der Waals surface area contributed by atoms with E-state index >= 15 is 0 Å². The summed E-state index contributed by atoms with van der Waals surface area (Å²) < 4.78 is 3.03. The Hall–Kier alpha value is -0.960. The van der Waals surface area contributed by atoms with E-state index in [1.165, 1.54) is 50.5 Å². The van der Waals surface area contributed by atoms with Gasteiger partial charge < -0.3 is 19.6 Å². The molecule has 4 saturated carbocycles. The minimum Gasteiger partial charge on any atom is -0.480 e. The number of esters is 1. The van der Waals surface area contributed by atoms with E-state index in [0.29, 0.717) is 24.9 Å². The average Bonchev–Trinajstić information content (AvgIpc) is 3.48. The Morgan fingerprint density at radius 2 is 1.07 bits per heavy atom. The molecule has 4 aliphatic carbocycles. The molecule has 2 heterocycles. The van der Waals surface area contributed by atoms with Crippen LogP contribution in [0, 0.1) is 47.3 Å². The summed E-state index contributed by atoms with van der Waals surface area (Å²) in [6.45, 7) is 4.78. The van der Waals surface area contributed by atoms with Crippen molar-refractivity contribution in [2.75, 3.05) is 20.2 Å². The molecule has 0 radical (unpaired) electrons. The number of carbonyl (C=O) groups is 4. The van der Waals surface area contributed by atoms with Crippen LogP contribution in [0.2, 0.25) is 0 Å². The van der Waals surface area contributed by atoms with Gasteiger partial charge in [0.15, 0.2) is 0 Å². The monoisotopic (exact) mass is 680 g/mol. The summed E-state index contributed by atoms with van der Waals surface area (Å²) in [5.41, 5.74) is 0. The predicted octanol–water partition coefficient (Wildman–Crippen LogP) is 5.92. The van der Waals surface area contributed by atoms with Crippen molar-refractivity contribution in [3.05, 3.63) is 0 Å². The van der Waals surface area contributed by atoms with E-state index in [4.69, 9.17) is 51.1 Å². The maximum absolute atomic E-state index is 12.9. The van der Waals surface area contributed by atoms with Gasteiger partial charge in [-0.15, -0.1) is 46.4 Å². The van der Waals surface area contributed by atoms with E-state index in [9.17, 15) is 24.3 Å². The van der Waals surface area contributed by atoms with Gasteiger partial charge in [-0.2, -0.15) is 0 Å². The molecule has 12 heteroatoms. The van der Waals surface area contributed by atoms with Crippen LogP contribution in [-0.2, 0) is 23.9 Å². The van der Waals surface area contributed by atoms with Gasteiger partial charge >= 0.3 is 11.9 Å². The molecule has 6 fully saturated rings. The standard InChI is InChI=1S/C16H23Cl2NO3.C15H21Cl2NO3/c1-9(10-6-4-3-5-7-10)14(20)19-8-11-12(16(11,17)18)13(19)15(21)22-2;1-8(9-5-3-2-4-6-9)13(19)18-7-10-11(15(10,16)17)12(18)14(20)21/h9-13H,3-8H2,1-2H3;8-12H,2-7H2,1H3,(H,20,21)/t9-,11-,12-,13-;8-,10-,11-,12-/m00/s1. The van der Waals surface area contributed by atoms with Crippen LogP contribution in [-0.4, -0.2) is 79.6 Å². The number of hydrogen-bond donors (Lipinski definition) is 1. The summed E-state index contributed by atoms with van der Waals surface area (Å²) in [6, 6.07) is -1.48. The van der Waals surface area contributed by atoms with Gasteiger partial charge in [-0.05, 0) is 37.5 Å². The molecule has 242 valence electrons. The maximum atomic E-state index is 12.9. The zero-order chi connectivity index (χ0) is 31.4. The number of halogens is 4. The summed E-state index contributed by atoms with van der Waals surface area (Å²) >= 11 is 24.7. The highest BCUT2D eigenvalue weighted by Gasteiger charge is 2.75. The molecule has 43 heavy (non-hydrogen) atoms. The van der Waals surface area contributed by atoms with E-state index < -0.39 is 32.7 Å². The molecule has 2 aliphatic heterocycles. The number of nitrogens with zero attached hydrogens (tertiary/aromatic N) is 2. The normalized spacial score (nSPS) is 35.5. The van der Waals surface area contributed by atoms with Crippen LogP contribution in [0.1, 0.15) is 78.1 Å². The van der Waals surface area contributed by atoms with Gasteiger partial charge in [0.2, 0.25) is 11.8 Å². The zero-order valence-corrected chi connectivity index (χ0v) is 28.2. The lowest BCUT2D eigenvalue weighted by atomic mass is 9.80. The van der Waals surface area contributed by atoms with Gasteiger partial charge in [-0.1, -0.05) is 52.4 Å². The fourth-order valence-electron chi connectivity index (χ4n) is 8.53. The number of aliphatic carboxylic acids is 1. The molecule has 0 spiro atoms. The van der Waals surface area contributed by atoms with Crippen LogP contribution in [0.3, 0.4) is 0 Å². The van der Waals surface area contributed by atoms with Gasteiger partial charge in [-0.3, -0.25) is 9.59 Å². The molecule has 6 aliphatic rings. The van der Waals surface area contributed by atoms with Crippen LogP contribution in [0.25, 0.3) is 0 Å². The zero-order valence-electron chi connectivity index (χ0n) is 25.2. The van der Waals surface area contributed by atoms with Crippen molar-refractivity contribution in [3.63, 3.8) is 0 Å². The molecule has 0 aromatic heterocycles. The fourth-order valence-corrected chi connectivity index (χ4v) is 10.2. The second-order valence-electron chi connectivity index (χ2n) is 13.7. The lowest BCUT2D eigenvalue weighted by molar-refractivity contribution is -0.154. The number of amides is 2. The Morgan fingerprint density at radius 1 is 0.698 bits per heavy atom. The third-order valence-electron chi connectivity index (χ3n) is 11.4. The number of carboxylic acid groups (broad SMARTS) is 1. The van der Waals surface area contributed by atoms with Crippen molar-refractivity contribution < 1.29 is 29.0 Å². The largest absolute Gasteiger partial charge is 0.480 e. The first-order chi connectivity index (χ1) is 20.2. The van der Waals surface area contributed by atoms with Crippen LogP contribution >= 0.6 is 46.4 Å². The Balaban J connectivity index is 0.000000171. The first kappa shape index (κ1) is 33.4. The number of methoxy groups -OCH3 is 1. The maximum Gasteiger partial charge on any atom is 0.328 e. The quantitative estimate of drug-likeness (QED) is 0.276. The SMILES string of the molecule is COC(=O)[C@@H]1[C@@H]2[C@H](CN1C(=O)[C@@H](C)C1CCCCC1)C2(Cl)Cl.C[C@H](C(=O)N1C[C@H]2[C@@H]([C@H]1C(=O)O)C2(Cl)Cl)C1CCCCC1. The van der Waals surface area contributed by atoms with Crippen LogP contribution in [0.15, 0.2) is 0 Å². The highest BCUT2D eigenvalue weighted by molar-refractivity contribution is 6.52. The third-order valence-corrected chi connectivity index (χ3v) is 13.5. The molecule has 8 nitrogen and oxygen atoms in total. The van der Waals surface area contributed by atoms with E-state index in [2.05, 4.69) is 0 Å². The molecular formula is C31H44Cl4N2O6. The summed E-state index contributed by atoms with van der Waals surface area (Å²) in [4.78, 5) is 52.4. The van der Waals surface area contributed by atoms with E-state index in [-0.39, 0.29) is 47.3 Å². The summed E-state index contributed by atoms with van der Waals surface area (Å²) in [6.07, 6.45) is 11.6. The lowest BCUT2D eigenvalue weighted by Gasteiger charge is -2.34. The number of fused-ring (bicyclic) bond motifs is 2. The van der Waals surface area contributed by atoms with Gasteiger partial charge in [0.25, 0.3) is 0 Å². The lowest BCUT2D eigenvalue weighted by Crippen LogP contribution is -2.49. The van der Waals surface area contributed by atoms with E-state index in [1.54, 1.807) is 4.90 Å². The van der Waals surface area contributed by atoms with Crippen molar-refractivity contribution in [1.29, 1.82) is 0 Å². The Kier molecular flexibility index (Phi) is 9.85. The molecule has 2 amide bonds. The highest BCUT2D eigenvalue weighted by Crippen LogP contribution is 2.66. The highest BCUT2D eigenvalue weighted by atomic mass is 35.5. The topological polar surface area (TPSA) is 104 Å². The first-order valence-corrected chi connectivity index (χ1v) is 17.4. The minimum atomic E-state index is -0.991. The number of carboxylic acids is 1. The summed E-state index contributed by atoms with van der Waals surface area (Å²) in [5, 5.41) is 9.44. The van der Waals surface area contributed by atoms with Crippen molar-refractivity contribution >= 4 is 70.2 Å². The number of piperidine rings is 2. The first-order valence-electron chi connectivity index (χ1n) is 15.9. The molecule has 1 N–H and O–H groups in total. The third kappa shape index (κ3) is 6.13. The molecule has 0 unspecified atom stereocenters. The molecule has 6 rings (SSSR count). The van der Waals surface area contributed by atoms with Gasteiger partial charge in [-0.25, -0.2) is 9.59 Å². The van der Waals surface area contributed by atoms with Crippen molar-refractivity contribution in [2.24, 2.45) is 47.3 Å². The number of alkyl halides is 4. The Morgan fingerprint density at radius 3 is 1.44 bits per heavy atom. The second-order valence-corrected chi connectivity index (χ2v) is 16.6. The second kappa shape index (κ2) is 12.7. The average molecular weight is 683 g/mol. The molecular weight excluding hydrogens is 638 g/mol. The van der Waals surface area contributed by atoms with Gasteiger partial charge in [0, 0.05) is 48.6 Å². The molecule has 2 saturated heterocycles. The molecule has 0 aromatic carbocycles. The number of rotatable bonds is 6. The number of likely N-dealkylation sites (tertiary alicyclic amines) is 2. The van der Waals surface area contributed by atoms with E-state index in [0.717, 1.165) is 25.7 Å².